The summed E-state index contributed by atoms with van der Waals surface area (Å²) in [6.07, 6.45) is 1.05. The van der Waals surface area contributed by atoms with E-state index in [-0.39, 0.29) is 11.9 Å². The number of thiophene rings is 1. The van der Waals surface area contributed by atoms with Crippen molar-refractivity contribution in [1.82, 2.24) is 5.32 Å². The quantitative estimate of drug-likeness (QED) is 0.836. The summed E-state index contributed by atoms with van der Waals surface area (Å²) in [5.74, 6) is -0.188. The van der Waals surface area contributed by atoms with E-state index in [2.05, 4.69) is 39.6 Å². The van der Waals surface area contributed by atoms with E-state index in [1.807, 2.05) is 6.07 Å². The molecule has 4 heteroatoms. The molecule has 1 atom stereocenters. The van der Waals surface area contributed by atoms with Crippen LogP contribution in [0.3, 0.4) is 0 Å². The van der Waals surface area contributed by atoms with E-state index in [1.165, 1.54) is 10.9 Å². The lowest BCUT2D eigenvalue weighted by molar-refractivity contribution is 0.591. The van der Waals surface area contributed by atoms with Crippen molar-refractivity contribution in [3.8, 4) is 0 Å². The van der Waals surface area contributed by atoms with Gasteiger partial charge in [0.2, 0.25) is 0 Å². The molecule has 0 saturated carbocycles. The van der Waals surface area contributed by atoms with E-state index in [0.29, 0.717) is 0 Å². The molecule has 1 unspecified atom stereocenters. The Morgan fingerprint density at radius 3 is 2.83 bits per heavy atom. The van der Waals surface area contributed by atoms with Crippen molar-refractivity contribution in [2.24, 2.45) is 0 Å². The van der Waals surface area contributed by atoms with Gasteiger partial charge in [0.15, 0.2) is 0 Å². The largest absolute Gasteiger partial charge is 0.306 e. The van der Waals surface area contributed by atoms with Crippen LogP contribution in [0.25, 0.3) is 0 Å². The maximum Gasteiger partial charge on any atom is 0.123 e. The number of nitrogens with one attached hydrogen (secondary N) is 1. The van der Waals surface area contributed by atoms with Gasteiger partial charge >= 0.3 is 0 Å². The lowest BCUT2D eigenvalue weighted by Gasteiger charge is -2.17. The summed E-state index contributed by atoms with van der Waals surface area (Å²) >= 11 is 5.14. The molecule has 0 amide bonds. The number of halogens is 2. The molecule has 96 valence electrons. The van der Waals surface area contributed by atoms with Crippen molar-refractivity contribution in [1.29, 1.82) is 0 Å². The van der Waals surface area contributed by atoms with Gasteiger partial charge in [-0.05, 0) is 52.7 Å². The zero-order valence-electron chi connectivity index (χ0n) is 10.1. The molecule has 0 fully saturated rings. The number of hydrogen-bond donors (Lipinski definition) is 1. The molecule has 1 aromatic carbocycles. The molecule has 0 saturated heterocycles. The third kappa shape index (κ3) is 3.40. The zero-order valence-corrected chi connectivity index (χ0v) is 12.5. The maximum atomic E-state index is 13.3. The van der Waals surface area contributed by atoms with Gasteiger partial charge in [-0.1, -0.05) is 19.1 Å². The second kappa shape index (κ2) is 6.45. The fourth-order valence-electron chi connectivity index (χ4n) is 1.84. The minimum absolute atomic E-state index is 0.0666. The monoisotopic (exact) mass is 327 g/mol. The predicted octanol–water partition coefficient (Wildman–Crippen LogP) is 4.74. The topological polar surface area (TPSA) is 12.0 Å². The van der Waals surface area contributed by atoms with Crippen molar-refractivity contribution in [3.05, 3.63) is 56.4 Å². The average Bonchev–Trinajstić information content (AvgIpc) is 2.76. The molecule has 0 spiro atoms. The van der Waals surface area contributed by atoms with Gasteiger partial charge in [-0.2, -0.15) is 0 Å². The molecule has 2 rings (SSSR count). The van der Waals surface area contributed by atoms with Crippen molar-refractivity contribution in [3.63, 3.8) is 0 Å². The average molecular weight is 328 g/mol. The molecule has 1 N–H and O–H groups in total. The summed E-state index contributed by atoms with van der Waals surface area (Å²) in [5, 5.41) is 5.52. The summed E-state index contributed by atoms with van der Waals surface area (Å²) in [6, 6.07) is 8.95. The Morgan fingerprint density at radius 2 is 2.22 bits per heavy atom. The fraction of sp³-hybridized carbons (Fsp3) is 0.286. The van der Waals surface area contributed by atoms with Crippen LogP contribution in [-0.4, -0.2) is 6.54 Å². The standard InChI is InChI=1S/C14H15BrFNS/c1-2-6-17-14(13-8-11(15)9-18-13)10-4-3-5-12(16)7-10/h3-5,7-9,14,17H,2,6H2,1H3. The van der Waals surface area contributed by atoms with Gasteiger partial charge in [0, 0.05) is 14.7 Å². The van der Waals surface area contributed by atoms with E-state index in [1.54, 1.807) is 23.5 Å². The first-order valence-corrected chi connectivity index (χ1v) is 7.60. The summed E-state index contributed by atoms with van der Waals surface area (Å²) in [4.78, 5) is 1.20. The maximum absolute atomic E-state index is 13.3. The Bertz CT molecular complexity index is 512. The van der Waals surface area contributed by atoms with Crippen LogP contribution in [0.2, 0.25) is 0 Å². The number of benzene rings is 1. The van der Waals surface area contributed by atoms with Crippen molar-refractivity contribution in [2.45, 2.75) is 19.4 Å². The molecule has 0 bridgehead atoms. The van der Waals surface area contributed by atoms with Crippen LogP contribution in [0.5, 0.6) is 0 Å². The van der Waals surface area contributed by atoms with Crippen LogP contribution in [0.1, 0.15) is 29.8 Å². The van der Waals surface area contributed by atoms with Gasteiger partial charge in [0.1, 0.15) is 5.82 Å². The second-order valence-electron chi connectivity index (χ2n) is 4.11. The summed E-state index contributed by atoms with van der Waals surface area (Å²) in [7, 11) is 0. The third-order valence-electron chi connectivity index (χ3n) is 2.65. The summed E-state index contributed by atoms with van der Waals surface area (Å²) in [5.41, 5.74) is 0.970. The van der Waals surface area contributed by atoms with Crippen LogP contribution in [0.15, 0.2) is 40.2 Å². The summed E-state index contributed by atoms with van der Waals surface area (Å²) < 4.78 is 14.4. The Kier molecular flexibility index (Phi) is 4.92. The highest BCUT2D eigenvalue weighted by atomic mass is 79.9. The molecule has 2 aromatic rings. The van der Waals surface area contributed by atoms with Crippen LogP contribution in [0, 0.1) is 5.82 Å². The van der Waals surface area contributed by atoms with Gasteiger partial charge in [-0.25, -0.2) is 4.39 Å². The lowest BCUT2D eigenvalue weighted by atomic mass is 10.1. The first-order chi connectivity index (χ1) is 8.70. The molecule has 0 aliphatic rings. The Hall–Kier alpha value is -0.710. The van der Waals surface area contributed by atoms with Crippen LogP contribution in [0.4, 0.5) is 4.39 Å². The molecule has 0 radical (unpaired) electrons. The Balaban J connectivity index is 2.30. The van der Waals surface area contributed by atoms with Gasteiger partial charge in [0.25, 0.3) is 0 Å². The van der Waals surface area contributed by atoms with Crippen LogP contribution >= 0.6 is 27.3 Å². The number of rotatable bonds is 5. The van der Waals surface area contributed by atoms with E-state index >= 15 is 0 Å². The van der Waals surface area contributed by atoms with Gasteiger partial charge in [-0.15, -0.1) is 11.3 Å². The molecule has 1 nitrogen and oxygen atoms in total. The molecule has 0 aliphatic heterocycles. The van der Waals surface area contributed by atoms with E-state index < -0.39 is 0 Å². The third-order valence-corrected chi connectivity index (χ3v) is 4.41. The fourth-order valence-corrected chi connectivity index (χ4v) is 3.38. The molecule has 18 heavy (non-hydrogen) atoms. The van der Waals surface area contributed by atoms with Crippen LogP contribution in [-0.2, 0) is 0 Å². The van der Waals surface area contributed by atoms with E-state index in [4.69, 9.17) is 0 Å². The van der Waals surface area contributed by atoms with Crippen molar-refractivity contribution in [2.75, 3.05) is 6.54 Å². The number of hydrogen-bond acceptors (Lipinski definition) is 2. The first-order valence-electron chi connectivity index (χ1n) is 5.93. The first kappa shape index (κ1) is 13.7. The van der Waals surface area contributed by atoms with Crippen LogP contribution < -0.4 is 5.32 Å². The van der Waals surface area contributed by atoms with Gasteiger partial charge in [-0.3, -0.25) is 0 Å². The van der Waals surface area contributed by atoms with E-state index in [0.717, 1.165) is 23.0 Å². The molecule has 1 aromatic heterocycles. The molecule has 0 aliphatic carbocycles. The lowest BCUT2D eigenvalue weighted by Crippen LogP contribution is -2.22. The molecular formula is C14H15BrFNS. The summed E-state index contributed by atoms with van der Waals surface area (Å²) in [6.45, 7) is 3.04. The minimum Gasteiger partial charge on any atom is -0.306 e. The molecular weight excluding hydrogens is 313 g/mol. The van der Waals surface area contributed by atoms with Crippen molar-refractivity contribution >= 4 is 27.3 Å². The highest BCUT2D eigenvalue weighted by Gasteiger charge is 2.15. The second-order valence-corrected chi connectivity index (χ2v) is 5.97. The van der Waals surface area contributed by atoms with Crippen molar-refractivity contribution < 1.29 is 4.39 Å². The van der Waals surface area contributed by atoms with Gasteiger partial charge < -0.3 is 5.32 Å². The van der Waals surface area contributed by atoms with E-state index in [9.17, 15) is 4.39 Å². The Labute approximate surface area is 119 Å². The molecule has 1 heterocycles. The highest BCUT2D eigenvalue weighted by molar-refractivity contribution is 9.10. The minimum atomic E-state index is -0.188. The SMILES string of the molecule is CCCNC(c1cccc(F)c1)c1cc(Br)cs1. The predicted molar refractivity (Wildman–Crippen MR) is 78.6 cm³/mol. The zero-order chi connectivity index (χ0) is 13.0. The normalized spacial score (nSPS) is 12.6. The van der Waals surface area contributed by atoms with Gasteiger partial charge in [0.05, 0.1) is 6.04 Å². The smallest absolute Gasteiger partial charge is 0.123 e. The Morgan fingerprint density at radius 1 is 1.39 bits per heavy atom. The highest BCUT2D eigenvalue weighted by Crippen LogP contribution is 2.30.